The monoisotopic (exact) mass is 282 g/mol. The smallest absolute Gasteiger partial charge is 0.253 e. The van der Waals surface area contributed by atoms with Crippen LogP contribution in [0.4, 0.5) is 4.39 Å². The van der Waals surface area contributed by atoms with E-state index in [1.807, 2.05) is 0 Å². The average molecular weight is 283 g/mol. The van der Waals surface area contributed by atoms with Crippen LogP contribution in [0.15, 0.2) is 18.2 Å². The molecule has 3 nitrogen and oxygen atoms in total. The number of amides is 1. The van der Waals surface area contributed by atoms with E-state index in [0.717, 1.165) is 12.8 Å². The predicted octanol–water partition coefficient (Wildman–Crippen LogP) is 2.49. The molecule has 5 heteroatoms. The molecule has 0 aliphatic carbocycles. The highest BCUT2D eigenvalue weighted by Gasteiger charge is 2.34. The molecule has 0 saturated carbocycles. The standard InChI is InChI=1S/C14H16ClFN2O/c15-13-5-8(16)1-4-12(13)14(19)18-11-6-9-2-3-10(7-11)17-9/h1,4-5,9-11,17H,2-3,6-7H2,(H,18,19). The van der Waals surface area contributed by atoms with Crippen molar-refractivity contribution in [3.63, 3.8) is 0 Å². The summed E-state index contributed by atoms with van der Waals surface area (Å²) in [5.74, 6) is -0.641. The molecule has 0 radical (unpaired) electrons. The Kier molecular flexibility index (Phi) is 3.46. The number of carbonyl (C=O) groups is 1. The van der Waals surface area contributed by atoms with Gasteiger partial charge in [-0.3, -0.25) is 4.79 Å². The van der Waals surface area contributed by atoms with Gasteiger partial charge >= 0.3 is 0 Å². The lowest BCUT2D eigenvalue weighted by atomic mass is 9.99. The van der Waals surface area contributed by atoms with Crippen LogP contribution in [0.3, 0.4) is 0 Å². The second-order valence-electron chi connectivity index (χ2n) is 5.40. The number of benzene rings is 1. The first-order valence-electron chi connectivity index (χ1n) is 6.64. The molecule has 102 valence electrons. The maximum absolute atomic E-state index is 13.0. The Bertz CT molecular complexity index is 496. The maximum atomic E-state index is 13.0. The lowest BCUT2D eigenvalue weighted by Crippen LogP contribution is -2.48. The van der Waals surface area contributed by atoms with Crippen molar-refractivity contribution in [3.8, 4) is 0 Å². The summed E-state index contributed by atoms with van der Waals surface area (Å²) < 4.78 is 13.0. The molecule has 2 aliphatic rings. The van der Waals surface area contributed by atoms with Crippen LogP contribution in [0.25, 0.3) is 0 Å². The zero-order chi connectivity index (χ0) is 13.4. The van der Waals surface area contributed by atoms with Crippen LogP contribution < -0.4 is 10.6 Å². The summed E-state index contributed by atoms with van der Waals surface area (Å²) >= 11 is 5.90. The van der Waals surface area contributed by atoms with Crippen LogP contribution >= 0.6 is 11.6 Å². The molecule has 2 N–H and O–H groups in total. The van der Waals surface area contributed by atoms with Crippen molar-refractivity contribution in [2.24, 2.45) is 0 Å². The van der Waals surface area contributed by atoms with Crippen molar-refractivity contribution in [1.29, 1.82) is 0 Å². The molecular weight excluding hydrogens is 267 g/mol. The van der Waals surface area contributed by atoms with E-state index in [1.54, 1.807) is 0 Å². The van der Waals surface area contributed by atoms with E-state index in [9.17, 15) is 9.18 Å². The van der Waals surface area contributed by atoms with Gasteiger partial charge in [-0.15, -0.1) is 0 Å². The van der Waals surface area contributed by atoms with Gasteiger partial charge in [0.05, 0.1) is 10.6 Å². The van der Waals surface area contributed by atoms with Gasteiger partial charge in [-0.2, -0.15) is 0 Å². The third-order valence-electron chi connectivity index (χ3n) is 3.98. The fourth-order valence-corrected chi connectivity index (χ4v) is 3.36. The summed E-state index contributed by atoms with van der Waals surface area (Å²) in [7, 11) is 0. The predicted molar refractivity (Wildman–Crippen MR) is 71.8 cm³/mol. The van der Waals surface area contributed by atoms with E-state index in [-0.39, 0.29) is 17.0 Å². The lowest BCUT2D eigenvalue weighted by Gasteiger charge is -2.29. The zero-order valence-corrected chi connectivity index (χ0v) is 11.2. The zero-order valence-electron chi connectivity index (χ0n) is 10.5. The average Bonchev–Trinajstić information content (AvgIpc) is 2.68. The topological polar surface area (TPSA) is 41.1 Å². The first-order chi connectivity index (χ1) is 9.11. The molecule has 0 spiro atoms. The van der Waals surface area contributed by atoms with Gasteiger partial charge in [0, 0.05) is 18.1 Å². The molecule has 2 aliphatic heterocycles. The van der Waals surface area contributed by atoms with Gasteiger partial charge in [0.1, 0.15) is 5.82 Å². The molecule has 2 unspecified atom stereocenters. The molecule has 1 aromatic rings. The maximum Gasteiger partial charge on any atom is 0.253 e. The van der Waals surface area contributed by atoms with Gasteiger partial charge in [0.2, 0.25) is 0 Å². The van der Waals surface area contributed by atoms with Gasteiger partial charge in [-0.05, 0) is 43.9 Å². The first kappa shape index (κ1) is 12.9. The van der Waals surface area contributed by atoms with E-state index < -0.39 is 5.82 Å². The Labute approximate surface area is 116 Å². The van der Waals surface area contributed by atoms with Crippen molar-refractivity contribution >= 4 is 17.5 Å². The Hall–Kier alpha value is -1.13. The van der Waals surface area contributed by atoms with Crippen LogP contribution in [0.2, 0.25) is 5.02 Å². The van der Waals surface area contributed by atoms with Crippen molar-refractivity contribution in [1.82, 2.24) is 10.6 Å². The summed E-state index contributed by atoms with van der Waals surface area (Å²) in [5, 5.41) is 6.70. The van der Waals surface area contributed by atoms with Crippen LogP contribution in [0.1, 0.15) is 36.0 Å². The molecule has 1 aromatic carbocycles. The van der Waals surface area contributed by atoms with Crippen LogP contribution in [0.5, 0.6) is 0 Å². The molecule has 2 fully saturated rings. The SMILES string of the molecule is O=C(NC1CC2CCC(C1)N2)c1ccc(F)cc1Cl. The highest BCUT2D eigenvalue weighted by molar-refractivity contribution is 6.33. The van der Waals surface area contributed by atoms with E-state index >= 15 is 0 Å². The van der Waals surface area contributed by atoms with Gasteiger partial charge < -0.3 is 10.6 Å². The number of carbonyl (C=O) groups excluding carboxylic acids is 1. The molecule has 2 bridgehead atoms. The number of rotatable bonds is 2. The van der Waals surface area contributed by atoms with Gasteiger partial charge in [0.25, 0.3) is 5.91 Å². The summed E-state index contributed by atoms with van der Waals surface area (Å²) in [4.78, 5) is 12.1. The number of fused-ring (bicyclic) bond motifs is 2. The van der Waals surface area contributed by atoms with Gasteiger partial charge in [-0.1, -0.05) is 11.6 Å². The minimum atomic E-state index is -0.429. The fraction of sp³-hybridized carbons (Fsp3) is 0.500. The molecule has 2 saturated heterocycles. The number of nitrogens with one attached hydrogen (secondary N) is 2. The largest absolute Gasteiger partial charge is 0.349 e. The van der Waals surface area contributed by atoms with Crippen LogP contribution in [0, 0.1) is 5.82 Å². The molecule has 3 rings (SSSR count). The van der Waals surface area contributed by atoms with E-state index in [0.29, 0.717) is 17.6 Å². The molecule has 0 aromatic heterocycles. The first-order valence-corrected chi connectivity index (χ1v) is 7.01. The summed E-state index contributed by atoms with van der Waals surface area (Å²) in [6, 6.07) is 5.09. The van der Waals surface area contributed by atoms with Gasteiger partial charge in [-0.25, -0.2) is 4.39 Å². The van der Waals surface area contributed by atoms with Crippen LogP contribution in [-0.2, 0) is 0 Å². The Morgan fingerprint density at radius 1 is 1.32 bits per heavy atom. The third-order valence-corrected chi connectivity index (χ3v) is 4.30. The summed E-state index contributed by atoms with van der Waals surface area (Å²) in [5.41, 5.74) is 0.342. The molecular formula is C14H16ClFN2O. The van der Waals surface area contributed by atoms with E-state index in [1.165, 1.54) is 31.0 Å². The van der Waals surface area contributed by atoms with E-state index in [4.69, 9.17) is 11.6 Å². The van der Waals surface area contributed by atoms with Crippen LogP contribution in [-0.4, -0.2) is 24.0 Å². The summed E-state index contributed by atoms with van der Waals surface area (Å²) in [6.45, 7) is 0. The quantitative estimate of drug-likeness (QED) is 0.875. The highest BCUT2D eigenvalue weighted by atomic mass is 35.5. The number of piperidine rings is 1. The fourth-order valence-electron chi connectivity index (χ4n) is 3.11. The molecule has 1 amide bonds. The van der Waals surface area contributed by atoms with Crippen molar-refractivity contribution in [2.75, 3.05) is 0 Å². The summed E-state index contributed by atoms with van der Waals surface area (Å²) in [6.07, 6.45) is 4.30. The second kappa shape index (κ2) is 5.10. The van der Waals surface area contributed by atoms with E-state index in [2.05, 4.69) is 10.6 Å². The molecule has 19 heavy (non-hydrogen) atoms. The minimum Gasteiger partial charge on any atom is -0.349 e. The number of hydrogen-bond donors (Lipinski definition) is 2. The van der Waals surface area contributed by atoms with Gasteiger partial charge in [0.15, 0.2) is 0 Å². The molecule has 2 atom stereocenters. The molecule has 2 heterocycles. The Morgan fingerprint density at radius 2 is 2.00 bits per heavy atom. The Balaban J connectivity index is 1.68. The normalized spacial score (nSPS) is 29.3. The third kappa shape index (κ3) is 2.74. The van der Waals surface area contributed by atoms with Crippen molar-refractivity contribution in [3.05, 3.63) is 34.6 Å². The highest BCUT2D eigenvalue weighted by Crippen LogP contribution is 2.27. The number of hydrogen-bond acceptors (Lipinski definition) is 2. The minimum absolute atomic E-state index is 0.161. The Morgan fingerprint density at radius 3 is 2.63 bits per heavy atom. The van der Waals surface area contributed by atoms with Crippen molar-refractivity contribution < 1.29 is 9.18 Å². The van der Waals surface area contributed by atoms with Crippen molar-refractivity contribution in [2.45, 2.75) is 43.8 Å². The lowest BCUT2D eigenvalue weighted by molar-refractivity contribution is 0.0924. The number of halogens is 2. The second-order valence-corrected chi connectivity index (χ2v) is 5.81.